The fraction of sp³-hybridized carbons (Fsp3) is 0.292. The van der Waals surface area contributed by atoms with Crippen molar-refractivity contribution in [1.29, 1.82) is 0 Å². The topological polar surface area (TPSA) is 78.5 Å². The summed E-state index contributed by atoms with van der Waals surface area (Å²) < 4.78 is 25.9. The molecule has 1 atom stereocenters. The van der Waals surface area contributed by atoms with Crippen molar-refractivity contribution in [3.8, 4) is 0 Å². The number of amides is 2. The Labute approximate surface area is 213 Å². The zero-order chi connectivity index (χ0) is 24.5. The molecule has 2 heterocycles. The largest absolute Gasteiger partial charge is 0.331 e. The molecule has 0 fully saturated rings. The number of sulfone groups is 1. The highest BCUT2D eigenvalue weighted by Crippen LogP contribution is 2.31. The van der Waals surface area contributed by atoms with Crippen LogP contribution in [-0.4, -0.2) is 32.9 Å². The van der Waals surface area contributed by atoms with Gasteiger partial charge in [-0.05, 0) is 67.9 Å². The van der Waals surface area contributed by atoms with Crippen LogP contribution in [0, 0.1) is 0 Å². The summed E-state index contributed by atoms with van der Waals surface area (Å²) in [5, 5.41) is 6.33. The summed E-state index contributed by atoms with van der Waals surface area (Å²) in [7, 11) is -1.42. The Kier molecular flexibility index (Phi) is 7.54. The van der Waals surface area contributed by atoms with Gasteiger partial charge < -0.3 is 15.5 Å². The molecular formula is C24H25Cl2N3O3S2. The molecule has 10 heteroatoms. The maximum Gasteiger partial charge on any atom is 0.319 e. The summed E-state index contributed by atoms with van der Waals surface area (Å²) in [4.78, 5) is 17.0. The minimum absolute atomic E-state index is 0.0282. The predicted octanol–water partition coefficient (Wildman–Crippen LogP) is 5.90. The first-order chi connectivity index (χ1) is 16.1. The smallest absolute Gasteiger partial charge is 0.319 e. The number of nitrogens with zero attached hydrogens (tertiary/aromatic N) is 1. The minimum atomic E-state index is -3.49. The second kappa shape index (κ2) is 10.3. The van der Waals surface area contributed by atoms with Crippen molar-refractivity contribution in [1.82, 2.24) is 10.2 Å². The summed E-state index contributed by atoms with van der Waals surface area (Å²) in [6, 6.07) is 12.7. The van der Waals surface area contributed by atoms with E-state index in [1.807, 2.05) is 6.07 Å². The van der Waals surface area contributed by atoms with Gasteiger partial charge in [0.25, 0.3) is 0 Å². The summed E-state index contributed by atoms with van der Waals surface area (Å²) in [5.41, 5.74) is 2.44. The number of fused-ring (bicyclic) bond motifs is 1. The molecule has 0 spiro atoms. The third-order valence-corrected chi connectivity index (χ3v) is 9.58. The van der Waals surface area contributed by atoms with Crippen LogP contribution >= 0.6 is 34.5 Å². The van der Waals surface area contributed by atoms with E-state index in [-0.39, 0.29) is 16.7 Å². The number of rotatable bonds is 6. The first kappa shape index (κ1) is 25.0. The molecule has 1 unspecified atom stereocenters. The van der Waals surface area contributed by atoms with Gasteiger partial charge in [0.15, 0.2) is 9.84 Å². The number of likely N-dealkylation sites (N-methyl/N-ethyl adjacent to an activating group) is 1. The predicted molar refractivity (Wildman–Crippen MR) is 139 cm³/mol. The molecule has 0 saturated heterocycles. The molecule has 2 aromatic carbocycles. The Morgan fingerprint density at radius 2 is 1.91 bits per heavy atom. The third-order valence-electron chi connectivity index (χ3n) is 5.72. The maximum absolute atomic E-state index is 12.9. The van der Waals surface area contributed by atoms with Crippen LogP contribution in [0.5, 0.6) is 0 Å². The maximum atomic E-state index is 12.9. The van der Waals surface area contributed by atoms with Gasteiger partial charge in [0.05, 0.1) is 26.7 Å². The lowest BCUT2D eigenvalue weighted by atomic mass is 10.1. The number of thiophene rings is 1. The number of anilines is 1. The summed E-state index contributed by atoms with van der Waals surface area (Å²) in [6.07, 6.45) is 0.951. The van der Waals surface area contributed by atoms with Crippen LogP contribution < -0.4 is 10.6 Å². The fourth-order valence-electron chi connectivity index (χ4n) is 3.89. The lowest BCUT2D eigenvalue weighted by molar-refractivity contribution is 0.249. The Balaban J connectivity index is 1.38. The number of carbonyl (C=O) groups excluding carboxylic acids is 1. The molecule has 1 aromatic heterocycles. The summed E-state index contributed by atoms with van der Waals surface area (Å²) in [6.45, 7) is 3.65. The van der Waals surface area contributed by atoms with Gasteiger partial charge in [-0.25, -0.2) is 13.2 Å². The molecule has 2 N–H and O–H groups in total. The summed E-state index contributed by atoms with van der Waals surface area (Å²) >= 11 is 13.8. The zero-order valence-corrected chi connectivity index (χ0v) is 21.9. The Morgan fingerprint density at radius 1 is 1.18 bits per heavy atom. The van der Waals surface area contributed by atoms with Crippen LogP contribution in [0.3, 0.4) is 0 Å². The Bertz CT molecular complexity index is 1310. The van der Waals surface area contributed by atoms with Gasteiger partial charge in [-0.15, -0.1) is 11.3 Å². The molecule has 1 aliphatic rings. The Morgan fingerprint density at radius 3 is 2.65 bits per heavy atom. The number of nitrogens with one attached hydrogen (secondary N) is 2. The number of carbonyl (C=O) groups is 1. The highest BCUT2D eigenvalue weighted by atomic mass is 35.5. The van der Waals surface area contributed by atoms with Gasteiger partial charge in [-0.3, -0.25) is 0 Å². The van der Waals surface area contributed by atoms with Crippen molar-refractivity contribution in [2.45, 2.75) is 36.6 Å². The zero-order valence-electron chi connectivity index (χ0n) is 18.8. The van der Waals surface area contributed by atoms with Gasteiger partial charge in [0, 0.05) is 28.5 Å². The lowest BCUT2D eigenvalue weighted by Crippen LogP contribution is -2.31. The molecule has 0 bridgehead atoms. The average Bonchev–Trinajstić information content (AvgIpc) is 3.16. The number of benzene rings is 2. The van der Waals surface area contributed by atoms with Crippen LogP contribution in [0.1, 0.15) is 33.8 Å². The first-order valence-electron chi connectivity index (χ1n) is 10.8. The lowest BCUT2D eigenvalue weighted by Gasteiger charge is -2.21. The molecule has 1 aliphatic heterocycles. The van der Waals surface area contributed by atoms with Gasteiger partial charge >= 0.3 is 6.03 Å². The highest BCUT2D eigenvalue weighted by molar-refractivity contribution is 7.90. The van der Waals surface area contributed by atoms with E-state index in [0.29, 0.717) is 21.3 Å². The van der Waals surface area contributed by atoms with E-state index in [1.165, 1.54) is 22.6 Å². The third kappa shape index (κ3) is 5.75. The van der Waals surface area contributed by atoms with Gasteiger partial charge in [-0.2, -0.15) is 0 Å². The van der Waals surface area contributed by atoms with Gasteiger partial charge in [-0.1, -0.05) is 35.3 Å². The SMILES string of the molecule is CC(NC(=O)Nc1ccc(S(=O)(=O)Cc2cc3c(s2)CN(C)CC3)cc1)c1cccc(Cl)c1Cl. The molecule has 4 rings (SSSR count). The van der Waals surface area contributed by atoms with Crippen LogP contribution in [0.15, 0.2) is 53.4 Å². The van der Waals surface area contributed by atoms with E-state index in [1.54, 1.807) is 48.6 Å². The van der Waals surface area contributed by atoms with Gasteiger partial charge in [0.2, 0.25) is 0 Å². The van der Waals surface area contributed by atoms with Crippen molar-refractivity contribution < 1.29 is 13.2 Å². The van der Waals surface area contributed by atoms with Crippen LogP contribution in [0.25, 0.3) is 0 Å². The number of hydrogen-bond donors (Lipinski definition) is 2. The van der Waals surface area contributed by atoms with Crippen molar-refractivity contribution >= 4 is 56.1 Å². The highest BCUT2D eigenvalue weighted by Gasteiger charge is 2.21. The monoisotopic (exact) mass is 537 g/mol. The van der Waals surface area contributed by atoms with E-state index in [0.717, 1.165) is 24.4 Å². The molecule has 34 heavy (non-hydrogen) atoms. The number of hydrogen-bond acceptors (Lipinski definition) is 5. The van der Waals surface area contributed by atoms with Gasteiger partial charge in [0.1, 0.15) is 0 Å². The second-order valence-electron chi connectivity index (χ2n) is 8.40. The van der Waals surface area contributed by atoms with Crippen molar-refractivity contribution in [3.05, 3.63) is 79.5 Å². The quantitative estimate of drug-likeness (QED) is 0.410. The summed E-state index contributed by atoms with van der Waals surface area (Å²) in [5.74, 6) is -0.0282. The van der Waals surface area contributed by atoms with Crippen molar-refractivity contribution in [2.75, 3.05) is 18.9 Å². The van der Waals surface area contributed by atoms with Crippen molar-refractivity contribution in [3.63, 3.8) is 0 Å². The molecular weight excluding hydrogens is 513 g/mol. The molecule has 3 aromatic rings. The normalized spacial score (nSPS) is 14.9. The molecule has 0 aliphatic carbocycles. The molecule has 0 saturated carbocycles. The van der Waals surface area contributed by atoms with E-state index in [9.17, 15) is 13.2 Å². The van der Waals surface area contributed by atoms with Crippen molar-refractivity contribution in [2.24, 2.45) is 0 Å². The molecule has 6 nitrogen and oxygen atoms in total. The molecule has 0 radical (unpaired) electrons. The number of urea groups is 1. The first-order valence-corrected chi connectivity index (χ1v) is 14.0. The van der Waals surface area contributed by atoms with Crippen LogP contribution in [0.4, 0.5) is 10.5 Å². The van der Waals surface area contributed by atoms with Crippen LogP contribution in [0.2, 0.25) is 10.0 Å². The van der Waals surface area contributed by atoms with E-state index >= 15 is 0 Å². The fourth-order valence-corrected chi connectivity index (χ4v) is 7.34. The molecule has 180 valence electrons. The van der Waals surface area contributed by atoms with E-state index in [2.05, 4.69) is 22.6 Å². The van der Waals surface area contributed by atoms with Crippen LogP contribution in [-0.2, 0) is 28.6 Å². The molecule has 2 amide bonds. The minimum Gasteiger partial charge on any atom is -0.331 e. The standard InChI is InChI=1S/C24H25Cl2N3O3S2/c1-15(20-4-3-5-21(25)23(20)26)27-24(30)28-17-6-8-19(9-7-17)34(31,32)14-18-12-16-10-11-29(2)13-22(16)33-18/h3-9,12,15H,10-11,13-14H2,1-2H3,(H2,27,28,30). The number of halogens is 2. The second-order valence-corrected chi connectivity index (χ2v) is 12.4. The average molecular weight is 539 g/mol. The van der Waals surface area contributed by atoms with E-state index < -0.39 is 15.9 Å². The van der Waals surface area contributed by atoms with E-state index in [4.69, 9.17) is 23.2 Å². The Hall–Kier alpha value is -2.10.